The van der Waals surface area contributed by atoms with Gasteiger partial charge in [0.25, 0.3) is 0 Å². The Balaban J connectivity index is 1.55. The number of rotatable bonds is 13. The molecule has 0 radical (unpaired) electrons. The molecule has 30 heavy (non-hydrogen) atoms. The molecule has 0 aliphatic carbocycles. The Morgan fingerprint density at radius 1 is 0.900 bits per heavy atom. The molecule has 0 saturated carbocycles. The monoisotopic (exact) mass is 436 g/mol. The molecule has 2 heterocycles. The quantitative estimate of drug-likeness (QED) is 0.211. The zero-order valence-corrected chi connectivity index (χ0v) is 18.4. The normalized spacial score (nSPS) is 20.9. The molecule has 1 unspecified atom stereocenters. The third-order valence-electron chi connectivity index (χ3n) is 6.02. The second-order valence-electron chi connectivity index (χ2n) is 8.30. The lowest BCUT2D eigenvalue weighted by Crippen LogP contribution is -2.51. The summed E-state index contributed by atoms with van der Waals surface area (Å²) in [5.74, 6) is -0.928. The zero-order valence-electron chi connectivity index (χ0n) is 18.4. The van der Waals surface area contributed by atoms with Gasteiger partial charge in [0.2, 0.25) is 11.8 Å². The number of piperazine rings is 1. The lowest BCUT2D eigenvalue weighted by molar-refractivity contribution is -0.137. The highest BCUT2D eigenvalue weighted by Crippen LogP contribution is 2.18. The van der Waals surface area contributed by atoms with E-state index in [1.54, 1.807) is 0 Å². The van der Waals surface area contributed by atoms with Crippen LogP contribution in [0.4, 0.5) is 0 Å². The van der Waals surface area contributed by atoms with Crippen LogP contribution >= 0.6 is 0 Å². The predicted octanol–water partition coefficient (Wildman–Crippen LogP) is -0.0343. The maximum absolute atomic E-state index is 12.3. The molecule has 2 saturated heterocycles. The van der Waals surface area contributed by atoms with Gasteiger partial charge in [0.05, 0.1) is 6.54 Å². The summed E-state index contributed by atoms with van der Waals surface area (Å²) in [5, 5.41) is 14.2. The van der Waals surface area contributed by atoms with Crippen LogP contribution in [0.2, 0.25) is 0 Å². The topological polar surface area (TPSA) is 105 Å². The first kappa shape index (κ1) is 24.6. The molecule has 2 rings (SSSR count). The van der Waals surface area contributed by atoms with Crippen LogP contribution in [0.3, 0.4) is 0 Å². The molecule has 2 amide bonds. The van der Waals surface area contributed by atoms with Gasteiger partial charge in [-0.25, -0.2) is 0 Å². The number of hydrogen-bond donors (Lipinski definition) is 3. The molecule has 2 aliphatic heterocycles. The Bertz CT molecular complexity index is 552. The standard InChI is InChI=1S/C21H39N5O4/c1-2-24-12-14-25(15-13-24)16-18-6-5-11-26(18)17-20(28)23-9-3-7-19(27)22-10-4-8-21(29)30/h18H,2-17H2,1H3,(H,22,27)(H,23,28)(H,29,30)/i4+1,5+1,6+1,8+1,10+1,11+1,16+1,18+1,21+1,22+1,23+1. The number of aliphatic carboxylic acids is 1. The number of likely N-dealkylation sites (N-methyl/N-ethyl adjacent to an activating group) is 1. The Kier molecular flexibility index (Phi) is 11.1. The second-order valence-corrected chi connectivity index (χ2v) is 8.30. The maximum atomic E-state index is 12.3. The van der Waals surface area contributed by atoms with Crippen LogP contribution in [0, 0.1) is 0 Å². The van der Waals surface area contributed by atoms with Gasteiger partial charge in [-0.05, 0) is 38.8 Å². The van der Waals surface area contributed by atoms with Crippen molar-refractivity contribution >= 4 is 17.8 Å². The third kappa shape index (κ3) is 9.40. The van der Waals surface area contributed by atoms with E-state index in [4.69, 9.17) is 5.11 Å². The van der Waals surface area contributed by atoms with Crippen molar-refractivity contribution in [3.05, 3.63) is 0 Å². The summed E-state index contributed by atoms with van der Waals surface area (Å²) in [5.41, 5.74) is 0. The first-order valence-corrected chi connectivity index (χ1v) is 11.4. The van der Waals surface area contributed by atoms with Gasteiger partial charge in [-0.1, -0.05) is 6.92 Å². The maximum Gasteiger partial charge on any atom is 0.303 e. The van der Waals surface area contributed by atoms with E-state index < -0.39 is 5.97 Å². The SMILES string of the molecule is CCN1CCN([13CH2][13CH]2[13CH2][13CH2][13CH2]N2CC(=O)[15NH]CCCC(=O)[15NH][13CH2][13CH2][13CH2][13C](=O)O)CC1. The van der Waals surface area contributed by atoms with Gasteiger partial charge in [-0.2, -0.15) is 0 Å². The fourth-order valence-electron chi connectivity index (χ4n) is 4.17. The van der Waals surface area contributed by atoms with E-state index in [-0.39, 0.29) is 18.2 Å². The summed E-state index contributed by atoms with van der Waals surface area (Å²) in [6.45, 7) is 11.1. The number of carboxylic acid groups (broad SMARTS) is 1. The Morgan fingerprint density at radius 3 is 2.20 bits per heavy atom. The second kappa shape index (κ2) is 13.6. The van der Waals surface area contributed by atoms with Crippen molar-refractivity contribution in [2.45, 2.75) is 51.5 Å². The van der Waals surface area contributed by atoms with Crippen molar-refractivity contribution in [2.75, 3.05) is 65.4 Å². The van der Waals surface area contributed by atoms with Crippen LogP contribution in [0.25, 0.3) is 0 Å². The minimum absolute atomic E-state index is 0.0274. The van der Waals surface area contributed by atoms with Crippen molar-refractivity contribution in [1.29, 1.82) is 0 Å². The van der Waals surface area contributed by atoms with Gasteiger partial charge in [0, 0.05) is 64.7 Å². The summed E-state index contributed by atoms with van der Waals surface area (Å²) in [6, 6.07) is 0.459. The highest BCUT2D eigenvalue weighted by atomic mass is 16.5. The van der Waals surface area contributed by atoms with E-state index in [1.165, 1.54) is 0 Å². The van der Waals surface area contributed by atoms with E-state index in [9.17, 15) is 14.4 Å². The van der Waals surface area contributed by atoms with Crippen molar-refractivity contribution in [3.8, 4) is 0 Å². The van der Waals surface area contributed by atoms with E-state index in [0.717, 1.165) is 58.7 Å². The Hall–Kier alpha value is -1.71. The molecule has 172 valence electrons. The zero-order chi connectivity index (χ0) is 21.8. The molecule has 2 aliphatic rings. The first-order valence-electron chi connectivity index (χ1n) is 11.4. The summed E-state index contributed by atoms with van der Waals surface area (Å²) in [7, 11) is 0. The number of nitrogens with one attached hydrogen (secondary N) is 2. The molecule has 0 aromatic rings. The summed E-state index contributed by atoms with van der Waals surface area (Å²) < 4.78 is 0. The van der Waals surface area contributed by atoms with Gasteiger partial charge in [0.1, 0.15) is 0 Å². The first-order chi connectivity index (χ1) is 14.5. The highest BCUT2D eigenvalue weighted by molar-refractivity contribution is 5.78. The summed E-state index contributed by atoms with van der Waals surface area (Å²) in [4.78, 5) is 41.7. The van der Waals surface area contributed by atoms with Crippen LogP contribution in [0.15, 0.2) is 0 Å². The number of carbonyl (C=O) groups is 3. The largest absolute Gasteiger partial charge is 0.481 e. The number of nitrogens with zero attached hydrogens (tertiary/aromatic N) is 3. The molecule has 2 fully saturated rings. The van der Waals surface area contributed by atoms with Gasteiger partial charge < -0.3 is 20.6 Å². The van der Waals surface area contributed by atoms with Gasteiger partial charge in [-0.3, -0.25) is 24.2 Å². The van der Waals surface area contributed by atoms with Crippen molar-refractivity contribution < 1.29 is 19.5 Å². The fraction of sp³-hybridized carbons (Fsp3) is 0.857. The average molecular weight is 436 g/mol. The molecule has 0 spiro atoms. The van der Waals surface area contributed by atoms with E-state index >= 15 is 0 Å². The Morgan fingerprint density at radius 2 is 1.53 bits per heavy atom. The van der Waals surface area contributed by atoms with Crippen molar-refractivity contribution in [2.24, 2.45) is 0 Å². The smallest absolute Gasteiger partial charge is 0.303 e. The minimum Gasteiger partial charge on any atom is -0.481 e. The molecular formula is C21H39N5O4. The molecule has 0 bridgehead atoms. The number of carboxylic acids is 1. The molecule has 1 atom stereocenters. The number of carbonyl (C=O) groups excluding carboxylic acids is 2. The van der Waals surface area contributed by atoms with E-state index in [0.29, 0.717) is 44.9 Å². The molecular weight excluding hydrogens is 397 g/mol. The summed E-state index contributed by atoms with van der Waals surface area (Å²) in [6.07, 6.45) is 3.72. The number of hydrogen-bond acceptors (Lipinski definition) is 6. The number of amides is 2. The van der Waals surface area contributed by atoms with Crippen LogP contribution in [0.5, 0.6) is 0 Å². The van der Waals surface area contributed by atoms with Gasteiger partial charge in [0.15, 0.2) is 0 Å². The molecule has 9 nitrogen and oxygen atoms in total. The lowest BCUT2D eigenvalue weighted by atomic mass is 10.3. The minimum atomic E-state index is -0.855. The van der Waals surface area contributed by atoms with Crippen LogP contribution in [0.1, 0.15) is 45.4 Å². The molecule has 0 aromatic carbocycles. The third-order valence-corrected chi connectivity index (χ3v) is 6.02. The van der Waals surface area contributed by atoms with Gasteiger partial charge >= 0.3 is 5.97 Å². The van der Waals surface area contributed by atoms with E-state index in [2.05, 4.69) is 32.3 Å². The molecule has 9 heteroatoms. The predicted molar refractivity (Wildman–Crippen MR) is 115 cm³/mol. The van der Waals surface area contributed by atoms with E-state index in [1.807, 2.05) is 0 Å². The molecule has 0 aromatic heterocycles. The van der Waals surface area contributed by atoms with Crippen molar-refractivity contribution in [3.63, 3.8) is 0 Å². The van der Waals surface area contributed by atoms with Gasteiger partial charge in [-0.15, -0.1) is 0 Å². The van der Waals surface area contributed by atoms with Crippen LogP contribution in [-0.2, 0) is 14.4 Å². The Labute approximate surface area is 180 Å². The fourth-order valence-corrected chi connectivity index (χ4v) is 4.17. The van der Waals surface area contributed by atoms with Crippen LogP contribution < -0.4 is 10.6 Å². The average Bonchev–Trinajstić information content (AvgIpc) is 3.15. The highest BCUT2D eigenvalue weighted by Gasteiger charge is 2.28. The number of likely N-dealkylation sites (tertiary alicyclic amines) is 1. The van der Waals surface area contributed by atoms with Crippen LogP contribution in [-0.4, -0.2) is 109 Å². The molecule has 3 N–H and O–H groups in total. The lowest BCUT2D eigenvalue weighted by Gasteiger charge is -2.37. The summed E-state index contributed by atoms with van der Waals surface area (Å²) >= 11 is 0. The van der Waals surface area contributed by atoms with Crippen molar-refractivity contribution in [1.82, 2.24) is 25.3 Å².